The van der Waals surface area contributed by atoms with Crippen molar-refractivity contribution < 1.29 is 22.1 Å². The van der Waals surface area contributed by atoms with Crippen molar-refractivity contribution in [2.45, 2.75) is 18.7 Å². The van der Waals surface area contributed by atoms with Crippen molar-refractivity contribution in [2.24, 2.45) is 0 Å². The van der Waals surface area contributed by atoms with Crippen molar-refractivity contribution in [3.05, 3.63) is 52.0 Å². The van der Waals surface area contributed by atoms with E-state index in [1.54, 1.807) is 12.1 Å². The fourth-order valence-corrected chi connectivity index (χ4v) is 3.49. The van der Waals surface area contributed by atoms with Crippen LogP contribution in [0.2, 0.25) is 10.0 Å². The van der Waals surface area contributed by atoms with Gasteiger partial charge in [-0.05, 0) is 31.2 Å². The lowest BCUT2D eigenvalue weighted by atomic mass is 10.2. The number of benzene rings is 2. The maximum atomic E-state index is 12.5. The van der Waals surface area contributed by atoms with Gasteiger partial charge in [0.2, 0.25) is 0 Å². The van der Waals surface area contributed by atoms with E-state index in [-0.39, 0.29) is 21.5 Å². The Kier molecular flexibility index (Phi) is 5.19. The fraction of sp³-hybridized carbons (Fsp3) is 0.133. The van der Waals surface area contributed by atoms with Crippen LogP contribution in [0.1, 0.15) is 12.5 Å². The summed E-state index contributed by atoms with van der Waals surface area (Å²) in [5.41, 5.74) is 0.946. The summed E-state index contributed by atoms with van der Waals surface area (Å²) in [6.07, 6.45) is 0. The highest BCUT2D eigenvalue weighted by Gasteiger charge is 2.26. The smallest absolute Gasteiger partial charge is 0.343 e. The minimum atomic E-state index is -4.29. The summed E-state index contributed by atoms with van der Waals surface area (Å²) in [5.74, 6) is -0.933. The molecule has 2 aromatic rings. The Morgan fingerprint density at radius 3 is 2.26 bits per heavy atom. The molecule has 0 aliphatic heterocycles. The summed E-state index contributed by atoms with van der Waals surface area (Å²) in [6.45, 7) is 2.98. The Labute approximate surface area is 143 Å². The van der Waals surface area contributed by atoms with Gasteiger partial charge in [0.05, 0.1) is 5.02 Å². The average molecular weight is 375 g/mol. The van der Waals surface area contributed by atoms with Crippen LogP contribution < -0.4 is 8.92 Å². The quantitative estimate of drug-likeness (QED) is 0.459. The molecule has 2 aromatic carbocycles. The predicted octanol–water partition coefficient (Wildman–Crippen LogP) is 3.99. The molecule has 0 aliphatic carbocycles. The zero-order valence-electron chi connectivity index (χ0n) is 12.2. The molecule has 0 atom stereocenters. The first-order valence-electron chi connectivity index (χ1n) is 6.37. The number of esters is 1. The SMILES string of the molecule is CC(=O)Oc1c(Cl)cc(Cl)cc1S(=O)(=O)Oc1ccc(C)cc1. The Bertz CT molecular complexity index is 845. The lowest BCUT2D eigenvalue weighted by Crippen LogP contribution is -2.13. The van der Waals surface area contributed by atoms with Gasteiger partial charge in [-0.2, -0.15) is 8.42 Å². The van der Waals surface area contributed by atoms with Crippen LogP contribution in [0.3, 0.4) is 0 Å². The molecule has 0 spiro atoms. The van der Waals surface area contributed by atoms with Gasteiger partial charge in [0, 0.05) is 11.9 Å². The minimum absolute atomic E-state index is 0.0667. The van der Waals surface area contributed by atoms with Gasteiger partial charge in [-0.3, -0.25) is 4.79 Å². The first kappa shape index (κ1) is 17.6. The zero-order valence-corrected chi connectivity index (χ0v) is 14.5. The zero-order chi connectivity index (χ0) is 17.2. The van der Waals surface area contributed by atoms with Crippen LogP contribution in [0.15, 0.2) is 41.3 Å². The summed E-state index contributed by atoms with van der Waals surface area (Å²) in [5, 5.41) is -0.0456. The van der Waals surface area contributed by atoms with Crippen LogP contribution in [-0.4, -0.2) is 14.4 Å². The number of carbonyl (C=O) groups excluding carboxylic acids is 1. The number of rotatable bonds is 4. The highest BCUT2D eigenvalue weighted by Crippen LogP contribution is 2.36. The van der Waals surface area contributed by atoms with Gasteiger partial charge >= 0.3 is 16.1 Å². The second-order valence-electron chi connectivity index (χ2n) is 4.66. The number of aryl methyl sites for hydroxylation is 1. The van der Waals surface area contributed by atoms with Gasteiger partial charge in [0.1, 0.15) is 5.75 Å². The van der Waals surface area contributed by atoms with Gasteiger partial charge in [0.15, 0.2) is 10.6 Å². The van der Waals surface area contributed by atoms with Crippen LogP contribution in [-0.2, 0) is 14.9 Å². The molecular formula is C15H12Cl2O5S. The van der Waals surface area contributed by atoms with Crippen molar-refractivity contribution in [3.63, 3.8) is 0 Å². The van der Waals surface area contributed by atoms with Gasteiger partial charge in [-0.15, -0.1) is 0 Å². The third-order valence-corrected chi connectivity index (χ3v) is 4.47. The third kappa shape index (κ3) is 4.37. The molecule has 0 aliphatic rings. The summed E-state index contributed by atoms with van der Waals surface area (Å²) in [7, 11) is -4.29. The number of carbonyl (C=O) groups is 1. The molecular weight excluding hydrogens is 363 g/mol. The third-order valence-electron chi connectivity index (χ3n) is 2.72. The Morgan fingerprint density at radius 2 is 1.70 bits per heavy atom. The standard InChI is InChI=1S/C15H12Cl2O5S/c1-9-3-5-12(6-4-9)22-23(19,20)14-8-11(16)7-13(17)15(14)21-10(2)18/h3-8H,1-2H3. The van der Waals surface area contributed by atoms with Crippen LogP contribution >= 0.6 is 23.2 Å². The van der Waals surface area contributed by atoms with Gasteiger partial charge in [0.25, 0.3) is 0 Å². The Balaban J connectivity index is 2.49. The van der Waals surface area contributed by atoms with Crippen LogP contribution in [0.5, 0.6) is 11.5 Å². The maximum absolute atomic E-state index is 12.5. The van der Waals surface area contributed by atoms with E-state index >= 15 is 0 Å². The normalized spacial score (nSPS) is 11.1. The molecule has 5 nitrogen and oxygen atoms in total. The number of hydrogen-bond donors (Lipinski definition) is 0. The molecule has 0 bridgehead atoms. The number of hydrogen-bond acceptors (Lipinski definition) is 5. The highest BCUT2D eigenvalue weighted by molar-refractivity contribution is 7.87. The van der Waals surface area contributed by atoms with Crippen molar-refractivity contribution in [3.8, 4) is 11.5 Å². The van der Waals surface area contributed by atoms with E-state index in [0.29, 0.717) is 0 Å². The lowest BCUT2D eigenvalue weighted by Gasteiger charge is -2.13. The second-order valence-corrected chi connectivity index (χ2v) is 7.02. The average Bonchev–Trinajstić information content (AvgIpc) is 2.43. The van der Waals surface area contributed by atoms with E-state index in [1.807, 2.05) is 6.92 Å². The molecule has 0 heterocycles. The molecule has 2 rings (SSSR count). The second kappa shape index (κ2) is 6.78. The molecule has 122 valence electrons. The van der Waals surface area contributed by atoms with Crippen molar-refractivity contribution in [1.29, 1.82) is 0 Å². The molecule has 0 amide bonds. The lowest BCUT2D eigenvalue weighted by molar-refractivity contribution is -0.132. The highest BCUT2D eigenvalue weighted by atomic mass is 35.5. The number of halogens is 2. The van der Waals surface area contributed by atoms with E-state index < -0.39 is 21.0 Å². The van der Waals surface area contributed by atoms with Crippen molar-refractivity contribution in [2.75, 3.05) is 0 Å². The van der Waals surface area contributed by atoms with E-state index in [2.05, 4.69) is 0 Å². The summed E-state index contributed by atoms with van der Waals surface area (Å²) in [6, 6.07) is 8.78. The number of ether oxygens (including phenoxy) is 1. The first-order valence-corrected chi connectivity index (χ1v) is 8.54. The van der Waals surface area contributed by atoms with E-state index in [1.165, 1.54) is 18.2 Å². The van der Waals surface area contributed by atoms with Crippen LogP contribution in [0, 0.1) is 6.92 Å². The van der Waals surface area contributed by atoms with Gasteiger partial charge in [-0.1, -0.05) is 40.9 Å². The van der Waals surface area contributed by atoms with Crippen LogP contribution in [0.4, 0.5) is 0 Å². The van der Waals surface area contributed by atoms with E-state index in [0.717, 1.165) is 18.6 Å². The molecule has 0 saturated heterocycles. The molecule has 0 unspecified atom stereocenters. The van der Waals surface area contributed by atoms with Gasteiger partial charge in [-0.25, -0.2) is 0 Å². The van der Waals surface area contributed by atoms with Gasteiger partial charge < -0.3 is 8.92 Å². The molecule has 0 saturated carbocycles. The topological polar surface area (TPSA) is 69.7 Å². The fourth-order valence-electron chi connectivity index (χ4n) is 1.73. The minimum Gasteiger partial charge on any atom is -0.424 e. The Morgan fingerprint density at radius 1 is 1.09 bits per heavy atom. The van der Waals surface area contributed by atoms with E-state index in [9.17, 15) is 13.2 Å². The maximum Gasteiger partial charge on any atom is 0.343 e. The molecule has 0 aromatic heterocycles. The summed E-state index contributed by atoms with van der Waals surface area (Å²) in [4.78, 5) is 10.8. The molecule has 0 fully saturated rings. The van der Waals surface area contributed by atoms with E-state index in [4.69, 9.17) is 32.1 Å². The largest absolute Gasteiger partial charge is 0.424 e. The molecule has 0 radical (unpaired) electrons. The van der Waals surface area contributed by atoms with Crippen LogP contribution in [0.25, 0.3) is 0 Å². The molecule has 8 heteroatoms. The van der Waals surface area contributed by atoms with Crippen molar-refractivity contribution in [1.82, 2.24) is 0 Å². The Hall–Kier alpha value is -1.76. The molecule has 23 heavy (non-hydrogen) atoms. The monoisotopic (exact) mass is 374 g/mol. The predicted molar refractivity (Wildman–Crippen MR) is 86.8 cm³/mol. The van der Waals surface area contributed by atoms with Crippen molar-refractivity contribution >= 4 is 39.3 Å². The summed E-state index contributed by atoms with van der Waals surface area (Å²) < 4.78 is 34.8. The summed E-state index contributed by atoms with van der Waals surface area (Å²) >= 11 is 11.8. The molecule has 0 N–H and O–H groups in total. The first-order chi connectivity index (χ1) is 10.7.